The molecular weight excluding hydrogens is 290 g/mol. The monoisotopic (exact) mass is 317 g/mol. The molecule has 5 heteroatoms. The number of carbonyl (C=O) groups excluding carboxylic acids is 1. The van der Waals surface area contributed by atoms with E-state index in [4.69, 9.17) is 0 Å². The van der Waals surface area contributed by atoms with Gasteiger partial charge in [-0.1, -0.05) is 6.07 Å². The lowest BCUT2D eigenvalue weighted by Gasteiger charge is -2.37. The summed E-state index contributed by atoms with van der Waals surface area (Å²) in [5.41, 5.74) is -0.0371. The highest BCUT2D eigenvalue weighted by atomic mass is 16.2. The number of nitrogens with one attached hydrogen (secondary N) is 1. The van der Waals surface area contributed by atoms with Gasteiger partial charge in [-0.25, -0.2) is 0 Å². The van der Waals surface area contributed by atoms with Crippen LogP contribution in [0.15, 0.2) is 29.2 Å². The number of pyridine rings is 1. The molecule has 1 N–H and O–H groups in total. The molecule has 1 aromatic rings. The van der Waals surface area contributed by atoms with Crippen LogP contribution in [0.1, 0.15) is 32.1 Å². The molecule has 0 unspecified atom stereocenters. The Morgan fingerprint density at radius 2 is 1.78 bits per heavy atom. The molecule has 5 nitrogen and oxygen atoms in total. The fraction of sp³-hybridized carbons (Fsp3) is 0.667. The van der Waals surface area contributed by atoms with Gasteiger partial charge < -0.3 is 14.8 Å². The number of piperidine rings is 2. The SMILES string of the molecule is O=C(CCn1ccccc1=O)N1CCC(C2CCNCC2)CC1. The van der Waals surface area contributed by atoms with Crippen LogP contribution in [-0.2, 0) is 11.3 Å². The topological polar surface area (TPSA) is 54.3 Å². The van der Waals surface area contributed by atoms with E-state index in [2.05, 4.69) is 5.32 Å². The smallest absolute Gasteiger partial charge is 0.250 e. The number of hydrogen-bond acceptors (Lipinski definition) is 3. The minimum Gasteiger partial charge on any atom is -0.343 e. The number of aromatic nitrogens is 1. The van der Waals surface area contributed by atoms with E-state index in [1.807, 2.05) is 11.0 Å². The minimum atomic E-state index is -0.0371. The van der Waals surface area contributed by atoms with Gasteiger partial charge in [-0.15, -0.1) is 0 Å². The molecular formula is C18H27N3O2. The predicted octanol–water partition coefficient (Wildman–Crippen LogP) is 1.48. The van der Waals surface area contributed by atoms with Crippen LogP contribution in [0.3, 0.4) is 0 Å². The van der Waals surface area contributed by atoms with Crippen LogP contribution >= 0.6 is 0 Å². The van der Waals surface area contributed by atoms with Gasteiger partial charge >= 0.3 is 0 Å². The summed E-state index contributed by atoms with van der Waals surface area (Å²) >= 11 is 0. The number of hydrogen-bond donors (Lipinski definition) is 1. The summed E-state index contributed by atoms with van der Waals surface area (Å²) in [6.45, 7) is 4.55. The van der Waals surface area contributed by atoms with Gasteiger partial charge in [0.05, 0.1) is 0 Å². The maximum Gasteiger partial charge on any atom is 0.250 e. The summed E-state index contributed by atoms with van der Waals surface area (Å²) in [4.78, 5) is 26.0. The summed E-state index contributed by atoms with van der Waals surface area (Å²) in [6.07, 6.45) is 7.02. The first kappa shape index (κ1) is 16.2. The molecule has 0 spiro atoms. The van der Waals surface area contributed by atoms with Gasteiger partial charge in [0.15, 0.2) is 0 Å². The summed E-state index contributed by atoms with van der Waals surface area (Å²) in [7, 11) is 0. The van der Waals surface area contributed by atoms with Crippen LogP contribution in [0.2, 0.25) is 0 Å². The number of aryl methyl sites for hydroxylation is 1. The molecule has 0 saturated carbocycles. The minimum absolute atomic E-state index is 0.0371. The lowest BCUT2D eigenvalue weighted by atomic mass is 9.79. The highest BCUT2D eigenvalue weighted by Gasteiger charge is 2.28. The molecule has 1 aromatic heterocycles. The number of carbonyl (C=O) groups is 1. The normalized spacial score (nSPS) is 20.6. The summed E-state index contributed by atoms with van der Waals surface area (Å²) < 4.78 is 1.61. The van der Waals surface area contributed by atoms with E-state index >= 15 is 0 Å². The molecule has 0 radical (unpaired) electrons. The molecule has 0 aliphatic carbocycles. The van der Waals surface area contributed by atoms with Crippen LogP contribution in [0, 0.1) is 11.8 Å². The molecule has 2 aliphatic heterocycles. The largest absolute Gasteiger partial charge is 0.343 e. The Labute approximate surface area is 137 Å². The summed E-state index contributed by atoms with van der Waals surface area (Å²) in [6, 6.07) is 5.09. The first-order valence-corrected chi connectivity index (χ1v) is 8.88. The third-order valence-electron chi connectivity index (χ3n) is 5.41. The van der Waals surface area contributed by atoms with Gasteiger partial charge in [0.1, 0.15) is 0 Å². The van der Waals surface area contributed by atoms with Crippen LogP contribution in [-0.4, -0.2) is 41.6 Å². The van der Waals surface area contributed by atoms with Crippen molar-refractivity contribution in [1.29, 1.82) is 0 Å². The van der Waals surface area contributed by atoms with E-state index in [9.17, 15) is 9.59 Å². The van der Waals surface area contributed by atoms with Gasteiger partial charge in [-0.05, 0) is 56.7 Å². The average Bonchev–Trinajstić information content (AvgIpc) is 2.62. The Morgan fingerprint density at radius 3 is 2.48 bits per heavy atom. The standard InChI is InChI=1S/C18H27N3O2/c22-17-3-1-2-11-20(17)14-8-18(23)21-12-6-16(7-13-21)15-4-9-19-10-5-15/h1-3,11,15-16,19H,4-10,12-14H2. The van der Waals surface area contributed by atoms with Crippen LogP contribution < -0.4 is 10.9 Å². The number of rotatable bonds is 4. The zero-order valence-electron chi connectivity index (χ0n) is 13.7. The molecule has 126 valence electrons. The predicted molar refractivity (Wildman–Crippen MR) is 90.2 cm³/mol. The highest BCUT2D eigenvalue weighted by molar-refractivity contribution is 5.76. The zero-order chi connectivity index (χ0) is 16.1. The van der Waals surface area contributed by atoms with Crippen LogP contribution in [0.25, 0.3) is 0 Å². The van der Waals surface area contributed by atoms with E-state index in [0.717, 1.165) is 50.9 Å². The average molecular weight is 317 g/mol. The van der Waals surface area contributed by atoms with Gasteiger partial charge in [-0.2, -0.15) is 0 Å². The first-order valence-electron chi connectivity index (χ1n) is 8.88. The Balaban J connectivity index is 1.45. The van der Waals surface area contributed by atoms with Crippen molar-refractivity contribution in [2.24, 2.45) is 11.8 Å². The Bertz CT molecular complexity index is 570. The van der Waals surface area contributed by atoms with Crippen LogP contribution in [0.5, 0.6) is 0 Å². The van der Waals surface area contributed by atoms with Crippen molar-refractivity contribution >= 4 is 5.91 Å². The van der Waals surface area contributed by atoms with E-state index < -0.39 is 0 Å². The second-order valence-electron chi connectivity index (χ2n) is 6.79. The van der Waals surface area contributed by atoms with E-state index in [1.54, 1.807) is 16.8 Å². The van der Waals surface area contributed by atoms with Crippen LogP contribution in [0.4, 0.5) is 0 Å². The van der Waals surface area contributed by atoms with Crippen molar-refractivity contribution in [3.63, 3.8) is 0 Å². The fourth-order valence-corrected chi connectivity index (χ4v) is 3.96. The van der Waals surface area contributed by atoms with Crippen molar-refractivity contribution in [3.8, 4) is 0 Å². The third-order valence-corrected chi connectivity index (χ3v) is 5.41. The molecule has 3 rings (SSSR count). The molecule has 2 fully saturated rings. The van der Waals surface area contributed by atoms with E-state index in [-0.39, 0.29) is 11.5 Å². The molecule has 23 heavy (non-hydrogen) atoms. The highest BCUT2D eigenvalue weighted by Crippen LogP contribution is 2.30. The Kier molecular flexibility index (Phi) is 5.49. The second-order valence-corrected chi connectivity index (χ2v) is 6.79. The van der Waals surface area contributed by atoms with Crippen molar-refractivity contribution in [3.05, 3.63) is 34.7 Å². The molecule has 2 aliphatic rings. The van der Waals surface area contributed by atoms with Crippen molar-refractivity contribution in [1.82, 2.24) is 14.8 Å². The number of nitrogens with zero attached hydrogens (tertiary/aromatic N) is 2. The van der Waals surface area contributed by atoms with E-state index in [0.29, 0.717) is 13.0 Å². The van der Waals surface area contributed by atoms with Gasteiger partial charge in [0, 0.05) is 38.3 Å². The quantitative estimate of drug-likeness (QED) is 0.915. The molecule has 0 atom stereocenters. The summed E-state index contributed by atoms with van der Waals surface area (Å²) in [5, 5.41) is 3.43. The molecule has 0 aromatic carbocycles. The summed E-state index contributed by atoms with van der Waals surface area (Å²) in [5.74, 6) is 1.82. The third kappa shape index (κ3) is 4.22. The van der Waals surface area contributed by atoms with Gasteiger partial charge in [0.2, 0.25) is 5.91 Å². The van der Waals surface area contributed by atoms with Crippen molar-refractivity contribution in [2.75, 3.05) is 26.2 Å². The molecule has 3 heterocycles. The maximum absolute atomic E-state index is 12.4. The number of amides is 1. The first-order chi connectivity index (χ1) is 11.2. The van der Waals surface area contributed by atoms with Gasteiger partial charge in [0.25, 0.3) is 5.56 Å². The van der Waals surface area contributed by atoms with Crippen molar-refractivity contribution in [2.45, 2.75) is 38.6 Å². The van der Waals surface area contributed by atoms with Gasteiger partial charge in [-0.3, -0.25) is 9.59 Å². The second kappa shape index (κ2) is 7.77. The molecule has 2 saturated heterocycles. The lowest BCUT2D eigenvalue weighted by molar-refractivity contribution is -0.133. The fourth-order valence-electron chi connectivity index (χ4n) is 3.96. The molecule has 0 bridgehead atoms. The lowest BCUT2D eigenvalue weighted by Crippen LogP contribution is -2.42. The maximum atomic E-state index is 12.4. The van der Waals surface area contributed by atoms with Crippen molar-refractivity contribution < 1.29 is 4.79 Å². The Morgan fingerprint density at radius 1 is 1.09 bits per heavy atom. The van der Waals surface area contributed by atoms with E-state index in [1.165, 1.54) is 18.9 Å². The molecule has 1 amide bonds. The Hall–Kier alpha value is -1.62. The zero-order valence-corrected chi connectivity index (χ0v) is 13.7. The number of likely N-dealkylation sites (tertiary alicyclic amines) is 1.